The monoisotopic (exact) mass is 347 g/mol. The first-order valence-corrected chi connectivity index (χ1v) is 9.25. The summed E-state index contributed by atoms with van der Waals surface area (Å²) in [7, 11) is 1.70. The smallest absolute Gasteiger partial charge is 0.133 e. The third-order valence-corrected chi connectivity index (χ3v) is 5.05. The number of anilines is 1. The highest BCUT2D eigenvalue weighted by Crippen LogP contribution is 2.35. The molecule has 3 aromatic rings. The largest absolute Gasteiger partial charge is 0.497 e. The first-order chi connectivity index (χ1) is 12.7. The van der Waals surface area contributed by atoms with Crippen molar-refractivity contribution < 1.29 is 4.74 Å². The van der Waals surface area contributed by atoms with Gasteiger partial charge in [0.15, 0.2) is 0 Å². The second-order valence-corrected chi connectivity index (χ2v) is 6.99. The van der Waals surface area contributed by atoms with Crippen molar-refractivity contribution in [1.29, 1.82) is 0 Å². The molecular weight excluding hydrogens is 322 g/mol. The predicted molar refractivity (Wildman–Crippen MR) is 106 cm³/mol. The quantitative estimate of drug-likeness (QED) is 0.731. The lowest BCUT2D eigenvalue weighted by Crippen LogP contribution is -2.08. The van der Waals surface area contributed by atoms with E-state index in [2.05, 4.69) is 54.2 Å². The van der Waals surface area contributed by atoms with Gasteiger partial charge >= 0.3 is 0 Å². The number of hydrogen-bond acceptors (Lipinski definition) is 3. The van der Waals surface area contributed by atoms with Crippen LogP contribution in [0, 0.1) is 13.8 Å². The van der Waals surface area contributed by atoms with Crippen molar-refractivity contribution >= 4 is 5.82 Å². The molecule has 0 fully saturated rings. The lowest BCUT2D eigenvalue weighted by atomic mass is 10.0. The molecule has 0 bridgehead atoms. The van der Waals surface area contributed by atoms with Gasteiger partial charge in [0.05, 0.1) is 18.5 Å². The van der Waals surface area contributed by atoms with Crippen LogP contribution in [0.25, 0.3) is 16.9 Å². The van der Waals surface area contributed by atoms with Crippen LogP contribution in [0.2, 0.25) is 0 Å². The van der Waals surface area contributed by atoms with E-state index in [0.29, 0.717) is 0 Å². The summed E-state index contributed by atoms with van der Waals surface area (Å²) in [6.07, 6.45) is 3.40. The Morgan fingerprint density at radius 3 is 2.77 bits per heavy atom. The van der Waals surface area contributed by atoms with E-state index in [9.17, 15) is 0 Å². The summed E-state index contributed by atoms with van der Waals surface area (Å²) >= 11 is 0. The third kappa shape index (κ3) is 2.96. The van der Waals surface area contributed by atoms with Crippen molar-refractivity contribution in [3.63, 3.8) is 0 Å². The van der Waals surface area contributed by atoms with Gasteiger partial charge in [0.1, 0.15) is 11.6 Å². The first kappa shape index (κ1) is 16.7. The summed E-state index contributed by atoms with van der Waals surface area (Å²) in [6.45, 7) is 5.26. The summed E-state index contributed by atoms with van der Waals surface area (Å²) < 4.78 is 7.51. The molecule has 1 aliphatic rings. The highest BCUT2D eigenvalue weighted by Gasteiger charge is 2.22. The summed E-state index contributed by atoms with van der Waals surface area (Å²) in [5.41, 5.74) is 7.09. The second kappa shape index (κ2) is 6.87. The van der Waals surface area contributed by atoms with E-state index in [1.54, 1.807) is 7.11 Å². The van der Waals surface area contributed by atoms with Crippen molar-refractivity contribution in [1.82, 2.24) is 9.78 Å². The van der Waals surface area contributed by atoms with Gasteiger partial charge in [-0.25, -0.2) is 4.68 Å². The van der Waals surface area contributed by atoms with Crippen LogP contribution >= 0.6 is 0 Å². The van der Waals surface area contributed by atoms with Gasteiger partial charge in [-0.15, -0.1) is 0 Å². The summed E-state index contributed by atoms with van der Waals surface area (Å²) in [4.78, 5) is 0. The standard InChI is InChI=1S/C22H25N3O/c1-15-10-11-20(16(2)13-15)25-22-19(9-4-5-12-23-22)21(24-25)17-7-6-8-18(14-17)26-3/h6-8,10-11,13-14,23H,4-5,9,12H2,1-3H3. The van der Waals surface area contributed by atoms with E-state index in [1.807, 2.05) is 12.1 Å². The first-order valence-electron chi connectivity index (χ1n) is 9.25. The molecule has 0 saturated heterocycles. The molecule has 0 atom stereocenters. The topological polar surface area (TPSA) is 39.1 Å². The number of hydrogen-bond donors (Lipinski definition) is 1. The number of methoxy groups -OCH3 is 1. The Kier molecular flexibility index (Phi) is 4.41. The molecule has 134 valence electrons. The van der Waals surface area contributed by atoms with E-state index in [1.165, 1.54) is 29.5 Å². The highest BCUT2D eigenvalue weighted by molar-refractivity contribution is 5.72. The van der Waals surface area contributed by atoms with Crippen LogP contribution in [0.15, 0.2) is 42.5 Å². The molecule has 1 aromatic heterocycles. The molecule has 26 heavy (non-hydrogen) atoms. The minimum atomic E-state index is 0.860. The highest BCUT2D eigenvalue weighted by atomic mass is 16.5. The molecule has 2 aromatic carbocycles. The number of fused-ring (bicyclic) bond motifs is 1. The molecule has 0 radical (unpaired) electrons. The van der Waals surface area contributed by atoms with Crippen molar-refractivity contribution in [2.45, 2.75) is 33.1 Å². The zero-order valence-corrected chi connectivity index (χ0v) is 15.7. The fraction of sp³-hybridized carbons (Fsp3) is 0.318. The SMILES string of the molecule is COc1cccc(-c2nn(-c3ccc(C)cc3C)c3c2CCCCN3)c1. The number of aromatic nitrogens is 2. The van der Waals surface area contributed by atoms with E-state index < -0.39 is 0 Å². The molecule has 2 heterocycles. The van der Waals surface area contributed by atoms with Crippen LogP contribution in [0.3, 0.4) is 0 Å². The van der Waals surface area contributed by atoms with Crippen LogP contribution in [0.4, 0.5) is 5.82 Å². The predicted octanol–water partition coefficient (Wildman–Crippen LogP) is 4.91. The molecule has 4 nitrogen and oxygen atoms in total. The Bertz CT molecular complexity index is 943. The van der Waals surface area contributed by atoms with Crippen LogP contribution in [0.1, 0.15) is 29.5 Å². The number of ether oxygens (including phenoxy) is 1. The van der Waals surface area contributed by atoms with E-state index in [-0.39, 0.29) is 0 Å². The molecule has 4 heteroatoms. The fourth-order valence-corrected chi connectivity index (χ4v) is 3.72. The summed E-state index contributed by atoms with van der Waals surface area (Å²) in [6, 6.07) is 14.7. The Hall–Kier alpha value is -2.75. The maximum Gasteiger partial charge on any atom is 0.133 e. The molecule has 0 spiro atoms. The summed E-state index contributed by atoms with van der Waals surface area (Å²) in [5.74, 6) is 1.99. The maximum atomic E-state index is 5.42. The second-order valence-electron chi connectivity index (χ2n) is 6.99. The van der Waals surface area contributed by atoms with E-state index in [0.717, 1.165) is 41.5 Å². The van der Waals surface area contributed by atoms with Gasteiger partial charge in [0.2, 0.25) is 0 Å². The van der Waals surface area contributed by atoms with Gasteiger partial charge in [-0.1, -0.05) is 29.8 Å². The Morgan fingerprint density at radius 1 is 1.08 bits per heavy atom. The van der Waals surface area contributed by atoms with Crippen molar-refractivity contribution in [2.24, 2.45) is 0 Å². The third-order valence-electron chi connectivity index (χ3n) is 5.05. The average molecular weight is 347 g/mol. The number of nitrogens with zero attached hydrogens (tertiary/aromatic N) is 2. The Balaban J connectivity index is 1.91. The lowest BCUT2D eigenvalue weighted by molar-refractivity contribution is 0.415. The number of aryl methyl sites for hydroxylation is 2. The lowest BCUT2D eigenvalue weighted by Gasteiger charge is -2.12. The van der Waals surface area contributed by atoms with Gasteiger partial charge < -0.3 is 10.1 Å². The van der Waals surface area contributed by atoms with E-state index in [4.69, 9.17) is 9.84 Å². The van der Waals surface area contributed by atoms with Gasteiger partial charge in [-0.3, -0.25) is 0 Å². The number of rotatable bonds is 3. The van der Waals surface area contributed by atoms with E-state index >= 15 is 0 Å². The minimum absolute atomic E-state index is 0.860. The zero-order valence-electron chi connectivity index (χ0n) is 15.7. The van der Waals surface area contributed by atoms with Crippen molar-refractivity contribution in [3.05, 3.63) is 59.2 Å². The summed E-state index contributed by atoms with van der Waals surface area (Å²) in [5, 5.41) is 8.66. The van der Waals surface area contributed by atoms with Crippen LogP contribution in [-0.4, -0.2) is 23.4 Å². The minimum Gasteiger partial charge on any atom is -0.497 e. The van der Waals surface area contributed by atoms with Gasteiger partial charge in [-0.05, 0) is 56.9 Å². The zero-order chi connectivity index (χ0) is 18.1. The molecule has 0 amide bonds. The molecular formula is C22H25N3O. The normalized spacial score (nSPS) is 13.7. The van der Waals surface area contributed by atoms with Crippen LogP contribution in [-0.2, 0) is 6.42 Å². The molecule has 0 unspecified atom stereocenters. The molecule has 0 aliphatic carbocycles. The van der Waals surface area contributed by atoms with Crippen LogP contribution in [0.5, 0.6) is 5.75 Å². The molecule has 4 rings (SSSR count). The Labute approximate surface area is 154 Å². The molecule has 1 N–H and O–H groups in total. The average Bonchev–Trinajstić information content (AvgIpc) is 2.83. The van der Waals surface area contributed by atoms with Gasteiger partial charge in [0.25, 0.3) is 0 Å². The van der Waals surface area contributed by atoms with Crippen molar-refractivity contribution in [2.75, 3.05) is 19.0 Å². The van der Waals surface area contributed by atoms with Gasteiger partial charge in [-0.2, -0.15) is 5.10 Å². The van der Waals surface area contributed by atoms with Gasteiger partial charge in [0, 0.05) is 17.7 Å². The fourth-order valence-electron chi connectivity index (χ4n) is 3.72. The maximum absolute atomic E-state index is 5.42. The van der Waals surface area contributed by atoms with Crippen molar-refractivity contribution in [3.8, 4) is 22.7 Å². The Morgan fingerprint density at radius 2 is 1.96 bits per heavy atom. The molecule has 1 aliphatic heterocycles. The number of benzene rings is 2. The number of nitrogens with one attached hydrogen (secondary N) is 1. The molecule has 0 saturated carbocycles. The van der Waals surface area contributed by atoms with Crippen LogP contribution < -0.4 is 10.1 Å².